The van der Waals surface area contributed by atoms with E-state index < -0.39 is 46.1 Å². The molecule has 27 heavy (non-hydrogen) atoms. The number of hydrogen-bond acceptors (Lipinski definition) is 9. The smallest absolute Gasteiger partial charge is 0.363 e. The van der Waals surface area contributed by atoms with E-state index in [0.717, 1.165) is 18.4 Å². The van der Waals surface area contributed by atoms with Crippen LogP contribution in [0.5, 0.6) is 0 Å². The van der Waals surface area contributed by atoms with Gasteiger partial charge in [-0.05, 0) is 0 Å². The monoisotopic (exact) mass is 440 g/mol. The number of nitrogens with one attached hydrogen (secondary N) is 2. The van der Waals surface area contributed by atoms with Crippen LogP contribution in [0.4, 0.5) is 5.13 Å². The number of carbonyl (C=O) groups excluding carboxylic acids is 4. The lowest BCUT2D eigenvalue weighted by molar-refractivity contribution is -0.162. The zero-order valence-corrected chi connectivity index (χ0v) is 15.9. The second kappa shape index (κ2) is 8.16. The summed E-state index contributed by atoms with van der Waals surface area (Å²) >= 11 is 6.39. The van der Waals surface area contributed by atoms with Crippen LogP contribution in [0.1, 0.15) is 5.69 Å². The molecule has 1 aliphatic rings. The molecule has 1 aromatic heterocycles. The van der Waals surface area contributed by atoms with E-state index in [2.05, 4.69) is 20.4 Å². The Labute approximate surface area is 161 Å². The summed E-state index contributed by atoms with van der Waals surface area (Å²) in [6.45, 7) is 0. The van der Waals surface area contributed by atoms with Gasteiger partial charge < -0.3 is 15.4 Å². The zero-order valence-electron chi connectivity index (χ0n) is 13.5. The highest BCUT2D eigenvalue weighted by atomic mass is 35.5. The molecule has 3 amide bonds. The van der Waals surface area contributed by atoms with Crippen LogP contribution >= 0.6 is 22.9 Å². The van der Waals surface area contributed by atoms with Crippen molar-refractivity contribution >= 4 is 62.1 Å². The number of anilines is 1. The molecule has 0 unspecified atom stereocenters. The molecule has 2 atom stereocenters. The minimum atomic E-state index is -4.99. The normalized spacial score (nSPS) is 19.2. The van der Waals surface area contributed by atoms with Gasteiger partial charge in [-0.25, -0.2) is 9.78 Å². The molecule has 148 valence electrons. The van der Waals surface area contributed by atoms with Crippen LogP contribution in [-0.2, 0) is 40.6 Å². The van der Waals surface area contributed by atoms with E-state index in [1.165, 1.54) is 5.38 Å². The van der Waals surface area contributed by atoms with E-state index in [-0.39, 0.29) is 27.4 Å². The molecule has 1 saturated heterocycles. The first-order valence-electron chi connectivity index (χ1n) is 7.06. The second-order valence-corrected chi connectivity index (χ2v) is 7.54. The van der Waals surface area contributed by atoms with Crippen LogP contribution in [-0.4, -0.2) is 71.0 Å². The fourth-order valence-electron chi connectivity index (χ4n) is 2.20. The molecule has 1 aromatic rings. The lowest BCUT2D eigenvalue weighted by atomic mass is 9.98. The Bertz CT molecular complexity index is 886. The van der Waals surface area contributed by atoms with E-state index >= 15 is 0 Å². The Kier molecular flexibility index (Phi) is 6.35. The van der Waals surface area contributed by atoms with Crippen molar-refractivity contribution in [3.05, 3.63) is 11.1 Å². The standard InChI is InChI=1S/C12H13ClN4O8S2/c1-25-11(21)9-8(10(20)17(9)27(22,23)24)15-6(18)2-5-4-26-12(14-5)16-7(19)3-13/h4,8-9H,2-3H2,1H3,(H,15,18)(H,14,16,19)(H,22,23,24)/t8-,9-/m0/s1. The summed E-state index contributed by atoms with van der Waals surface area (Å²) in [5.41, 5.74) is 0.260. The average molecular weight is 441 g/mol. The number of amides is 3. The number of rotatable bonds is 7. The van der Waals surface area contributed by atoms with Crippen molar-refractivity contribution in [2.75, 3.05) is 18.3 Å². The molecule has 0 bridgehead atoms. The third kappa shape index (κ3) is 4.71. The lowest BCUT2D eigenvalue weighted by Crippen LogP contribution is -2.74. The number of thiazole rings is 1. The Balaban J connectivity index is 2.03. The van der Waals surface area contributed by atoms with E-state index in [1.54, 1.807) is 0 Å². The molecule has 1 fully saturated rings. The lowest BCUT2D eigenvalue weighted by Gasteiger charge is -2.41. The highest BCUT2D eigenvalue weighted by Crippen LogP contribution is 2.25. The first-order valence-corrected chi connectivity index (χ1v) is 9.87. The summed E-state index contributed by atoms with van der Waals surface area (Å²) in [5, 5.41) is 6.29. The van der Waals surface area contributed by atoms with Crippen LogP contribution in [0, 0.1) is 0 Å². The van der Waals surface area contributed by atoms with Gasteiger partial charge in [0.2, 0.25) is 11.8 Å². The van der Waals surface area contributed by atoms with Crippen molar-refractivity contribution in [3.63, 3.8) is 0 Å². The zero-order chi connectivity index (χ0) is 20.4. The fraction of sp³-hybridized carbons (Fsp3) is 0.417. The number of halogens is 1. The Hall–Kier alpha value is -2.29. The molecular weight excluding hydrogens is 428 g/mol. The van der Waals surface area contributed by atoms with E-state index in [1.807, 2.05) is 0 Å². The number of hydrogen-bond donors (Lipinski definition) is 3. The van der Waals surface area contributed by atoms with Gasteiger partial charge in [-0.2, -0.15) is 12.7 Å². The molecule has 0 aromatic carbocycles. The molecule has 2 heterocycles. The predicted octanol–water partition coefficient (Wildman–Crippen LogP) is -1.47. The number of aromatic nitrogens is 1. The number of β-lactam (4-membered cyclic amide) rings is 1. The molecule has 15 heteroatoms. The maximum absolute atomic E-state index is 12.1. The maximum atomic E-state index is 12.1. The maximum Gasteiger partial charge on any atom is 0.363 e. The molecule has 0 saturated carbocycles. The van der Waals surface area contributed by atoms with Crippen molar-refractivity contribution in [1.29, 1.82) is 0 Å². The van der Waals surface area contributed by atoms with Crippen LogP contribution in [0.2, 0.25) is 0 Å². The molecule has 1 aliphatic heterocycles. The first-order chi connectivity index (χ1) is 12.6. The number of methoxy groups -OCH3 is 1. The number of alkyl halides is 1. The van der Waals surface area contributed by atoms with Gasteiger partial charge in [0.15, 0.2) is 11.2 Å². The fourth-order valence-corrected chi connectivity index (χ4v) is 3.83. The highest BCUT2D eigenvalue weighted by molar-refractivity contribution is 7.84. The Morgan fingerprint density at radius 2 is 2.07 bits per heavy atom. The Morgan fingerprint density at radius 3 is 2.63 bits per heavy atom. The predicted molar refractivity (Wildman–Crippen MR) is 91.3 cm³/mol. The summed E-state index contributed by atoms with van der Waals surface area (Å²) in [7, 11) is -4.03. The Morgan fingerprint density at radius 1 is 1.41 bits per heavy atom. The summed E-state index contributed by atoms with van der Waals surface area (Å²) in [6.07, 6.45) is -0.309. The molecule has 0 spiro atoms. The van der Waals surface area contributed by atoms with Gasteiger partial charge in [0.1, 0.15) is 11.9 Å². The van der Waals surface area contributed by atoms with Crippen molar-refractivity contribution in [2.45, 2.75) is 18.5 Å². The molecule has 12 nitrogen and oxygen atoms in total. The third-order valence-corrected chi connectivity index (χ3v) is 5.27. The summed E-state index contributed by atoms with van der Waals surface area (Å²) < 4.78 is 35.7. The van der Waals surface area contributed by atoms with E-state index in [9.17, 15) is 27.6 Å². The third-order valence-electron chi connectivity index (χ3n) is 3.32. The van der Waals surface area contributed by atoms with Gasteiger partial charge >= 0.3 is 16.3 Å². The van der Waals surface area contributed by atoms with Gasteiger partial charge in [0.25, 0.3) is 5.91 Å². The number of carbonyl (C=O) groups is 4. The largest absolute Gasteiger partial charge is 0.467 e. The van der Waals surface area contributed by atoms with Crippen molar-refractivity contribution in [1.82, 2.24) is 14.6 Å². The van der Waals surface area contributed by atoms with Gasteiger partial charge in [-0.15, -0.1) is 22.9 Å². The number of nitrogens with zero attached hydrogens (tertiary/aromatic N) is 2. The van der Waals surface area contributed by atoms with Crippen molar-refractivity contribution < 1.29 is 36.9 Å². The summed E-state index contributed by atoms with van der Waals surface area (Å²) in [4.78, 5) is 50.8. The van der Waals surface area contributed by atoms with Gasteiger partial charge in [-0.3, -0.25) is 18.9 Å². The molecular formula is C12H13ClN4O8S2. The molecule has 2 rings (SSSR count). The van der Waals surface area contributed by atoms with Crippen molar-refractivity contribution in [2.24, 2.45) is 0 Å². The topological polar surface area (TPSA) is 172 Å². The first kappa shape index (κ1) is 21.0. The SMILES string of the molecule is COC(=O)[C@@H]1[C@H](NC(=O)Cc2csc(NC(=O)CCl)n2)C(=O)N1S(=O)(=O)O. The van der Waals surface area contributed by atoms with Crippen LogP contribution in [0.15, 0.2) is 5.38 Å². The van der Waals surface area contributed by atoms with E-state index in [4.69, 9.17) is 16.2 Å². The minimum Gasteiger partial charge on any atom is -0.467 e. The average Bonchev–Trinajstić information content (AvgIpc) is 3.01. The van der Waals surface area contributed by atoms with Crippen LogP contribution in [0.25, 0.3) is 0 Å². The quantitative estimate of drug-likeness (QED) is 0.198. The number of esters is 1. The number of ether oxygens (including phenoxy) is 1. The molecule has 0 radical (unpaired) electrons. The minimum absolute atomic E-state index is 0.0770. The van der Waals surface area contributed by atoms with Gasteiger partial charge in [-0.1, -0.05) is 0 Å². The van der Waals surface area contributed by atoms with Crippen LogP contribution in [0.3, 0.4) is 0 Å². The summed E-state index contributed by atoms with van der Waals surface area (Å²) in [5.74, 6) is -3.80. The van der Waals surface area contributed by atoms with E-state index in [0.29, 0.717) is 0 Å². The van der Waals surface area contributed by atoms with Crippen LogP contribution < -0.4 is 10.6 Å². The van der Waals surface area contributed by atoms with Gasteiger partial charge in [0, 0.05) is 5.38 Å². The molecule has 3 N–H and O–H groups in total. The van der Waals surface area contributed by atoms with Crippen molar-refractivity contribution in [3.8, 4) is 0 Å². The van der Waals surface area contributed by atoms with Gasteiger partial charge in [0.05, 0.1) is 19.2 Å². The highest BCUT2D eigenvalue weighted by Gasteiger charge is 2.58. The summed E-state index contributed by atoms with van der Waals surface area (Å²) in [6, 6.07) is -3.23. The second-order valence-electron chi connectivity index (χ2n) is 5.13. The molecule has 0 aliphatic carbocycles.